The summed E-state index contributed by atoms with van der Waals surface area (Å²) in [6.07, 6.45) is 3.34. The summed E-state index contributed by atoms with van der Waals surface area (Å²) in [5.41, 5.74) is 1.89. The van der Waals surface area contributed by atoms with Crippen molar-refractivity contribution in [2.45, 2.75) is 58.4 Å². The molecular formula is C20H29NO3S. The van der Waals surface area contributed by atoms with Crippen LogP contribution in [0.3, 0.4) is 0 Å². The molecule has 138 valence electrons. The third-order valence-corrected chi connectivity index (χ3v) is 6.04. The average molecular weight is 364 g/mol. The minimum atomic E-state index is -0.496. The fraction of sp³-hybridized carbons (Fsp3) is 0.600. The zero-order valence-corrected chi connectivity index (χ0v) is 16.5. The van der Waals surface area contributed by atoms with Crippen molar-refractivity contribution in [3.05, 3.63) is 35.4 Å². The Morgan fingerprint density at radius 3 is 2.48 bits per heavy atom. The van der Waals surface area contributed by atoms with Crippen LogP contribution < -0.4 is 0 Å². The Morgan fingerprint density at radius 2 is 1.92 bits per heavy atom. The molecule has 4 nitrogen and oxygen atoms in total. The van der Waals surface area contributed by atoms with Crippen molar-refractivity contribution < 1.29 is 14.3 Å². The number of hydrogen-bond acceptors (Lipinski definition) is 4. The van der Waals surface area contributed by atoms with E-state index in [1.54, 1.807) is 23.6 Å². The Bertz CT molecular complexity index is 585. The number of carbonyl (C=O) groups excluding carboxylic acids is 2. The van der Waals surface area contributed by atoms with Crippen LogP contribution in [-0.4, -0.2) is 40.6 Å². The first-order valence-electron chi connectivity index (χ1n) is 9.19. The smallest absolute Gasteiger partial charge is 0.329 e. The van der Waals surface area contributed by atoms with Crippen molar-refractivity contribution in [3.63, 3.8) is 0 Å². The lowest BCUT2D eigenvalue weighted by Gasteiger charge is -2.30. The van der Waals surface area contributed by atoms with E-state index in [1.165, 1.54) is 5.56 Å². The maximum absolute atomic E-state index is 13.1. The summed E-state index contributed by atoms with van der Waals surface area (Å²) in [4.78, 5) is 27.1. The second-order valence-corrected chi connectivity index (χ2v) is 7.90. The Balaban J connectivity index is 2.20. The molecule has 1 aromatic carbocycles. The van der Waals surface area contributed by atoms with E-state index in [1.807, 2.05) is 24.3 Å². The molecule has 0 saturated carbocycles. The second-order valence-electron chi connectivity index (χ2n) is 6.75. The van der Waals surface area contributed by atoms with Gasteiger partial charge in [-0.3, -0.25) is 4.79 Å². The molecule has 0 aliphatic carbocycles. The summed E-state index contributed by atoms with van der Waals surface area (Å²) >= 11 is 1.66. The predicted octanol–water partition coefficient (Wildman–Crippen LogP) is 4.13. The molecule has 1 fully saturated rings. The van der Waals surface area contributed by atoms with Crippen molar-refractivity contribution in [2.24, 2.45) is 5.92 Å². The summed E-state index contributed by atoms with van der Waals surface area (Å²) in [7, 11) is 0. The second kappa shape index (κ2) is 9.27. The quantitative estimate of drug-likeness (QED) is 0.683. The number of thioether (sulfide) groups is 1. The first kappa shape index (κ1) is 19.8. The third kappa shape index (κ3) is 4.78. The molecule has 2 rings (SSSR count). The molecular weight excluding hydrogens is 334 g/mol. The fourth-order valence-corrected chi connectivity index (χ4v) is 4.53. The lowest BCUT2D eigenvalue weighted by atomic mass is 10.0. The number of aryl methyl sites for hydroxylation is 1. The minimum absolute atomic E-state index is 0.00155. The molecule has 1 aliphatic heterocycles. The van der Waals surface area contributed by atoms with E-state index >= 15 is 0 Å². The van der Waals surface area contributed by atoms with Gasteiger partial charge in [0.05, 0.1) is 12.0 Å². The standard InChI is InChI=1S/C20H29NO3S/c1-5-7-8-15-9-11-16(12-10-15)18(22)21-17(20(23)24-6-2)13-25-19(21)14(3)4/h9-12,14,17,19H,5-8,13H2,1-4H3. The van der Waals surface area contributed by atoms with Gasteiger partial charge in [-0.25, -0.2) is 4.79 Å². The number of rotatable bonds is 7. The van der Waals surface area contributed by atoms with Crippen LogP contribution in [0.1, 0.15) is 56.5 Å². The number of unbranched alkanes of at least 4 members (excludes halogenated alkanes) is 1. The van der Waals surface area contributed by atoms with Crippen molar-refractivity contribution in [1.29, 1.82) is 0 Å². The van der Waals surface area contributed by atoms with Crippen LogP contribution in [-0.2, 0) is 16.0 Å². The molecule has 1 saturated heterocycles. The summed E-state index contributed by atoms with van der Waals surface area (Å²) in [5.74, 6) is 0.495. The highest BCUT2D eigenvalue weighted by atomic mass is 32.2. The molecule has 0 radical (unpaired) electrons. The normalized spacial score (nSPS) is 20.1. The van der Waals surface area contributed by atoms with Gasteiger partial charge in [-0.05, 0) is 43.4 Å². The third-order valence-electron chi connectivity index (χ3n) is 4.42. The van der Waals surface area contributed by atoms with E-state index in [2.05, 4.69) is 20.8 Å². The number of amides is 1. The largest absolute Gasteiger partial charge is 0.464 e. The van der Waals surface area contributed by atoms with Gasteiger partial charge in [0, 0.05) is 11.3 Å². The zero-order valence-electron chi connectivity index (χ0n) is 15.7. The monoisotopic (exact) mass is 363 g/mol. The Morgan fingerprint density at radius 1 is 1.24 bits per heavy atom. The molecule has 1 amide bonds. The highest BCUT2D eigenvalue weighted by molar-refractivity contribution is 8.00. The average Bonchev–Trinajstić information content (AvgIpc) is 3.05. The highest BCUT2D eigenvalue weighted by Gasteiger charge is 2.43. The molecule has 1 aromatic rings. The van der Waals surface area contributed by atoms with Gasteiger partial charge in [0.1, 0.15) is 6.04 Å². The zero-order chi connectivity index (χ0) is 18.4. The molecule has 2 atom stereocenters. The lowest BCUT2D eigenvalue weighted by molar-refractivity contribution is -0.147. The topological polar surface area (TPSA) is 46.6 Å². The van der Waals surface area contributed by atoms with Crippen molar-refractivity contribution in [1.82, 2.24) is 4.90 Å². The van der Waals surface area contributed by atoms with Gasteiger partial charge >= 0.3 is 5.97 Å². The van der Waals surface area contributed by atoms with Crippen molar-refractivity contribution in [3.8, 4) is 0 Å². The Hall–Kier alpha value is -1.49. The number of ether oxygens (including phenoxy) is 1. The number of hydrogen-bond donors (Lipinski definition) is 0. The van der Waals surface area contributed by atoms with E-state index in [4.69, 9.17) is 4.74 Å². The molecule has 0 spiro atoms. The van der Waals surface area contributed by atoms with Gasteiger partial charge in [-0.2, -0.15) is 0 Å². The van der Waals surface area contributed by atoms with E-state index in [0.717, 1.165) is 19.3 Å². The van der Waals surface area contributed by atoms with E-state index in [-0.39, 0.29) is 23.2 Å². The SMILES string of the molecule is CCCCc1ccc(C(=O)N2C(C(=O)OCC)CSC2C(C)C)cc1. The summed E-state index contributed by atoms with van der Waals surface area (Å²) in [6, 6.07) is 7.32. The number of nitrogens with zero attached hydrogens (tertiary/aromatic N) is 1. The van der Waals surface area contributed by atoms with Crippen LogP contribution in [0, 0.1) is 5.92 Å². The molecule has 2 unspecified atom stereocenters. The summed E-state index contributed by atoms with van der Waals surface area (Å²) in [5, 5.41) is 0.00155. The van der Waals surface area contributed by atoms with Crippen LogP contribution in [0.15, 0.2) is 24.3 Å². The summed E-state index contributed by atoms with van der Waals surface area (Å²) < 4.78 is 5.19. The molecule has 1 aliphatic rings. The summed E-state index contributed by atoms with van der Waals surface area (Å²) in [6.45, 7) is 8.46. The first-order chi connectivity index (χ1) is 12.0. The minimum Gasteiger partial charge on any atom is -0.464 e. The Labute approximate surface area is 155 Å². The molecule has 0 bridgehead atoms. The lowest BCUT2D eigenvalue weighted by Crippen LogP contribution is -2.47. The van der Waals surface area contributed by atoms with E-state index < -0.39 is 6.04 Å². The van der Waals surface area contributed by atoms with E-state index in [9.17, 15) is 9.59 Å². The molecule has 25 heavy (non-hydrogen) atoms. The van der Waals surface area contributed by atoms with Crippen LogP contribution >= 0.6 is 11.8 Å². The van der Waals surface area contributed by atoms with E-state index in [0.29, 0.717) is 17.9 Å². The maximum Gasteiger partial charge on any atom is 0.329 e. The molecule has 5 heteroatoms. The maximum atomic E-state index is 13.1. The van der Waals surface area contributed by atoms with Crippen LogP contribution in [0.2, 0.25) is 0 Å². The predicted molar refractivity (Wildman–Crippen MR) is 103 cm³/mol. The Kier molecular flexibility index (Phi) is 7.36. The molecule has 0 aromatic heterocycles. The van der Waals surface area contributed by atoms with Gasteiger partial charge < -0.3 is 9.64 Å². The molecule has 1 heterocycles. The fourth-order valence-electron chi connectivity index (χ4n) is 3.06. The number of esters is 1. The van der Waals surface area contributed by atoms with Crippen molar-refractivity contribution in [2.75, 3.05) is 12.4 Å². The highest BCUT2D eigenvalue weighted by Crippen LogP contribution is 2.35. The van der Waals surface area contributed by atoms with Gasteiger partial charge in [-0.15, -0.1) is 11.8 Å². The van der Waals surface area contributed by atoms with Gasteiger partial charge in [-0.1, -0.05) is 39.3 Å². The van der Waals surface area contributed by atoms with Crippen LogP contribution in [0.4, 0.5) is 0 Å². The van der Waals surface area contributed by atoms with Crippen molar-refractivity contribution >= 4 is 23.6 Å². The van der Waals surface area contributed by atoms with Gasteiger partial charge in [0.15, 0.2) is 0 Å². The van der Waals surface area contributed by atoms with Crippen LogP contribution in [0.5, 0.6) is 0 Å². The van der Waals surface area contributed by atoms with Gasteiger partial charge in [0.25, 0.3) is 5.91 Å². The first-order valence-corrected chi connectivity index (χ1v) is 10.2. The number of benzene rings is 1. The van der Waals surface area contributed by atoms with Gasteiger partial charge in [0.2, 0.25) is 0 Å². The van der Waals surface area contributed by atoms with Crippen LogP contribution in [0.25, 0.3) is 0 Å². The molecule has 0 N–H and O–H groups in total. The number of carbonyl (C=O) groups is 2.